The van der Waals surface area contributed by atoms with E-state index in [1.54, 1.807) is 0 Å². The van der Waals surface area contributed by atoms with Crippen molar-refractivity contribution >= 4 is 21.8 Å². The molecule has 0 aliphatic heterocycles. The number of carbonyl (C=O) groups excluding carboxylic acids is 1. The third-order valence-corrected chi connectivity index (χ3v) is 3.35. The van der Waals surface area contributed by atoms with E-state index in [0.717, 1.165) is 16.5 Å². The molecule has 3 nitrogen and oxygen atoms in total. The highest BCUT2D eigenvalue weighted by Crippen LogP contribution is 2.18. The largest absolute Gasteiger partial charge is 0.349 e. The van der Waals surface area contributed by atoms with Crippen LogP contribution in [0.25, 0.3) is 0 Å². The molecule has 2 atom stereocenters. The van der Waals surface area contributed by atoms with E-state index in [0.29, 0.717) is 6.54 Å². The Morgan fingerprint density at radius 2 is 2.24 bits per heavy atom. The Morgan fingerprint density at radius 3 is 2.76 bits per heavy atom. The molecule has 0 saturated carbocycles. The fourth-order valence-corrected chi connectivity index (χ4v) is 2.07. The Hall–Kier alpha value is -0.870. The monoisotopic (exact) mass is 298 g/mol. The number of hydrogen-bond acceptors (Lipinski definition) is 2. The second kappa shape index (κ2) is 6.77. The predicted octanol–water partition coefficient (Wildman–Crippen LogP) is 2.61. The van der Waals surface area contributed by atoms with Gasteiger partial charge in [0.15, 0.2) is 0 Å². The zero-order valence-corrected chi connectivity index (χ0v) is 11.8. The van der Waals surface area contributed by atoms with Crippen molar-refractivity contribution in [2.75, 3.05) is 6.54 Å². The SMILES string of the molecule is CCC(CN)C(=O)N[C@@H](C)c1cccc(Br)c1. The van der Waals surface area contributed by atoms with Crippen LogP contribution in [0.2, 0.25) is 0 Å². The molecule has 3 N–H and O–H groups in total. The summed E-state index contributed by atoms with van der Waals surface area (Å²) in [7, 11) is 0. The molecule has 0 heterocycles. The van der Waals surface area contributed by atoms with Gasteiger partial charge in [0.25, 0.3) is 0 Å². The summed E-state index contributed by atoms with van der Waals surface area (Å²) < 4.78 is 1.02. The number of benzene rings is 1. The molecule has 0 bridgehead atoms. The van der Waals surface area contributed by atoms with Crippen molar-refractivity contribution in [1.82, 2.24) is 5.32 Å². The second-order valence-corrected chi connectivity index (χ2v) is 5.04. The summed E-state index contributed by atoms with van der Waals surface area (Å²) in [5.74, 6) is -0.0629. The molecule has 1 aromatic rings. The molecule has 0 aliphatic carbocycles. The first-order chi connectivity index (χ1) is 8.08. The summed E-state index contributed by atoms with van der Waals surface area (Å²) in [6.45, 7) is 4.34. The van der Waals surface area contributed by atoms with Crippen LogP contribution in [0, 0.1) is 5.92 Å². The topological polar surface area (TPSA) is 55.1 Å². The van der Waals surface area contributed by atoms with Crippen molar-refractivity contribution in [2.24, 2.45) is 11.7 Å². The van der Waals surface area contributed by atoms with E-state index in [9.17, 15) is 4.79 Å². The van der Waals surface area contributed by atoms with Gasteiger partial charge in [-0.05, 0) is 31.0 Å². The molecule has 94 valence electrons. The molecule has 1 aromatic carbocycles. The van der Waals surface area contributed by atoms with Gasteiger partial charge in [-0.15, -0.1) is 0 Å². The van der Waals surface area contributed by atoms with Crippen LogP contribution in [0.4, 0.5) is 0 Å². The number of hydrogen-bond donors (Lipinski definition) is 2. The zero-order chi connectivity index (χ0) is 12.8. The number of nitrogens with two attached hydrogens (primary N) is 1. The van der Waals surface area contributed by atoms with Crippen molar-refractivity contribution in [3.63, 3.8) is 0 Å². The Bertz CT molecular complexity index is 377. The van der Waals surface area contributed by atoms with Crippen molar-refractivity contribution in [3.05, 3.63) is 34.3 Å². The minimum Gasteiger partial charge on any atom is -0.349 e. The number of halogens is 1. The predicted molar refractivity (Wildman–Crippen MR) is 73.5 cm³/mol. The molecule has 1 amide bonds. The molecule has 0 aliphatic rings. The smallest absolute Gasteiger partial charge is 0.224 e. The van der Waals surface area contributed by atoms with Crippen LogP contribution in [-0.4, -0.2) is 12.5 Å². The maximum Gasteiger partial charge on any atom is 0.224 e. The highest BCUT2D eigenvalue weighted by Gasteiger charge is 2.17. The standard InChI is InChI=1S/C13H19BrN2O/c1-3-10(8-15)13(17)16-9(2)11-5-4-6-12(14)7-11/h4-7,9-10H,3,8,15H2,1-2H3,(H,16,17)/t9-,10?/m0/s1. The van der Waals surface area contributed by atoms with Gasteiger partial charge in [0.1, 0.15) is 0 Å². The van der Waals surface area contributed by atoms with E-state index < -0.39 is 0 Å². The lowest BCUT2D eigenvalue weighted by Gasteiger charge is -2.18. The maximum absolute atomic E-state index is 11.9. The molecule has 17 heavy (non-hydrogen) atoms. The third kappa shape index (κ3) is 4.13. The van der Waals surface area contributed by atoms with E-state index in [4.69, 9.17) is 5.73 Å². The van der Waals surface area contributed by atoms with Crippen LogP contribution in [0.15, 0.2) is 28.7 Å². The van der Waals surface area contributed by atoms with Crippen LogP contribution in [0.5, 0.6) is 0 Å². The quantitative estimate of drug-likeness (QED) is 0.878. The van der Waals surface area contributed by atoms with Gasteiger partial charge in [0, 0.05) is 16.9 Å². The summed E-state index contributed by atoms with van der Waals surface area (Å²) in [4.78, 5) is 11.9. The van der Waals surface area contributed by atoms with Gasteiger partial charge < -0.3 is 11.1 Å². The van der Waals surface area contributed by atoms with Gasteiger partial charge in [-0.25, -0.2) is 0 Å². The number of rotatable bonds is 5. The molecule has 0 saturated heterocycles. The first kappa shape index (κ1) is 14.2. The van der Waals surface area contributed by atoms with E-state index in [1.807, 2.05) is 38.1 Å². The molecule has 0 fully saturated rings. The number of nitrogens with one attached hydrogen (secondary N) is 1. The Kier molecular flexibility index (Phi) is 5.65. The summed E-state index contributed by atoms with van der Waals surface area (Å²) in [6.07, 6.45) is 0.771. The average molecular weight is 299 g/mol. The van der Waals surface area contributed by atoms with Crippen LogP contribution in [0.1, 0.15) is 31.9 Å². The lowest BCUT2D eigenvalue weighted by Crippen LogP contribution is -2.36. The van der Waals surface area contributed by atoms with Crippen molar-refractivity contribution < 1.29 is 4.79 Å². The summed E-state index contributed by atoms with van der Waals surface area (Å²) in [5, 5.41) is 2.99. The van der Waals surface area contributed by atoms with Gasteiger partial charge in [-0.2, -0.15) is 0 Å². The molecule has 1 rings (SSSR count). The summed E-state index contributed by atoms with van der Waals surface area (Å²) in [6, 6.07) is 7.93. The van der Waals surface area contributed by atoms with Crippen LogP contribution < -0.4 is 11.1 Å². The molecule has 4 heteroatoms. The number of carbonyl (C=O) groups is 1. The van der Waals surface area contributed by atoms with E-state index in [1.165, 1.54) is 0 Å². The fourth-order valence-electron chi connectivity index (χ4n) is 1.65. The molecular formula is C13H19BrN2O. The van der Waals surface area contributed by atoms with Crippen LogP contribution in [-0.2, 0) is 4.79 Å². The van der Waals surface area contributed by atoms with Gasteiger partial charge in [-0.1, -0.05) is 35.0 Å². The minimum atomic E-state index is -0.0930. The van der Waals surface area contributed by atoms with E-state index in [2.05, 4.69) is 21.2 Å². The van der Waals surface area contributed by atoms with E-state index in [-0.39, 0.29) is 17.9 Å². The molecule has 0 aromatic heterocycles. The fraction of sp³-hybridized carbons (Fsp3) is 0.462. The maximum atomic E-state index is 11.9. The molecule has 0 radical (unpaired) electrons. The van der Waals surface area contributed by atoms with Gasteiger partial charge in [-0.3, -0.25) is 4.79 Å². The second-order valence-electron chi connectivity index (χ2n) is 4.13. The van der Waals surface area contributed by atoms with Crippen LogP contribution in [0.3, 0.4) is 0 Å². The van der Waals surface area contributed by atoms with Gasteiger partial charge >= 0.3 is 0 Å². The normalized spacial score (nSPS) is 14.1. The molecule has 0 spiro atoms. The van der Waals surface area contributed by atoms with Crippen molar-refractivity contribution in [1.29, 1.82) is 0 Å². The lowest BCUT2D eigenvalue weighted by molar-refractivity contribution is -0.125. The molecular weight excluding hydrogens is 280 g/mol. The lowest BCUT2D eigenvalue weighted by atomic mass is 10.0. The summed E-state index contributed by atoms with van der Waals surface area (Å²) in [5.41, 5.74) is 6.64. The first-order valence-electron chi connectivity index (χ1n) is 5.84. The Morgan fingerprint density at radius 1 is 1.53 bits per heavy atom. The minimum absolute atomic E-state index is 0.000556. The third-order valence-electron chi connectivity index (χ3n) is 2.86. The zero-order valence-electron chi connectivity index (χ0n) is 10.2. The Balaban J connectivity index is 2.66. The van der Waals surface area contributed by atoms with Gasteiger partial charge in [0.05, 0.1) is 6.04 Å². The van der Waals surface area contributed by atoms with Crippen molar-refractivity contribution in [3.8, 4) is 0 Å². The number of amides is 1. The first-order valence-corrected chi connectivity index (χ1v) is 6.63. The van der Waals surface area contributed by atoms with E-state index >= 15 is 0 Å². The van der Waals surface area contributed by atoms with Crippen LogP contribution >= 0.6 is 15.9 Å². The van der Waals surface area contributed by atoms with Crippen molar-refractivity contribution in [2.45, 2.75) is 26.3 Å². The molecule has 1 unspecified atom stereocenters. The van der Waals surface area contributed by atoms with Gasteiger partial charge in [0.2, 0.25) is 5.91 Å². The summed E-state index contributed by atoms with van der Waals surface area (Å²) >= 11 is 3.42. The highest BCUT2D eigenvalue weighted by molar-refractivity contribution is 9.10. The highest BCUT2D eigenvalue weighted by atomic mass is 79.9. The Labute approximate surface area is 111 Å². The average Bonchev–Trinajstić information content (AvgIpc) is 2.30.